The molecule has 2 aromatic carbocycles. The third kappa shape index (κ3) is 5.05. The molecule has 0 radical (unpaired) electrons. The molecule has 9 heteroatoms. The number of para-hydroxylation sites is 1. The first-order valence-corrected chi connectivity index (χ1v) is 12.1. The van der Waals surface area contributed by atoms with E-state index in [9.17, 15) is 13.2 Å². The summed E-state index contributed by atoms with van der Waals surface area (Å²) in [4.78, 5) is 21.1. The maximum Gasteiger partial charge on any atom is 0.237 e. The zero-order valence-corrected chi connectivity index (χ0v) is 19.1. The van der Waals surface area contributed by atoms with Gasteiger partial charge < -0.3 is 11.1 Å². The van der Waals surface area contributed by atoms with Gasteiger partial charge in [0.15, 0.2) is 5.16 Å². The fourth-order valence-electron chi connectivity index (χ4n) is 3.02. The Morgan fingerprint density at radius 3 is 2.32 bits per heavy atom. The summed E-state index contributed by atoms with van der Waals surface area (Å²) < 4.78 is 25.6. The summed E-state index contributed by atoms with van der Waals surface area (Å²) in [6.07, 6.45) is 1.73. The molecule has 0 saturated heterocycles. The molecule has 0 aliphatic carbocycles. The lowest BCUT2D eigenvalue weighted by Crippen LogP contribution is -2.25. The number of nitrogen functional groups attached to an aromatic ring is 1. The standard InChI is InChI=1S/C22H24N4O3S2/c1-4-17(21(27)25-19-14(2)9-8-10-15(19)3)30-22-24-13-18(20(23)26-22)31(28,29)16-11-6-5-7-12-16/h5-13,17H,4H2,1-3H3,(H,25,27)(H2,23,24,26). The molecule has 3 aromatic rings. The minimum Gasteiger partial charge on any atom is -0.382 e. The Kier molecular flexibility index (Phi) is 6.97. The fourth-order valence-corrected chi connectivity index (χ4v) is 5.16. The lowest BCUT2D eigenvalue weighted by atomic mass is 10.1. The fraction of sp³-hybridized carbons (Fsp3) is 0.227. The van der Waals surface area contributed by atoms with Gasteiger partial charge in [-0.15, -0.1) is 0 Å². The molecule has 0 aliphatic rings. The van der Waals surface area contributed by atoms with Crippen molar-refractivity contribution < 1.29 is 13.2 Å². The Morgan fingerprint density at radius 2 is 1.74 bits per heavy atom. The van der Waals surface area contributed by atoms with Crippen LogP contribution in [0.4, 0.5) is 11.5 Å². The summed E-state index contributed by atoms with van der Waals surface area (Å²) in [5.74, 6) is -0.320. The van der Waals surface area contributed by atoms with Crippen LogP contribution in [-0.2, 0) is 14.6 Å². The number of thioether (sulfide) groups is 1. The molecular formula is C22H24N4O3S2. The van der Waals surface area contributed by atoms with Crippen molar-refractivity contribution in [3.05, 3.63) is 65.9 Å². The SMILES string of the molecule is CCC(Sc1ncc(S(=O)(=O)c2ccccc2)c(N)n1)C(=O)Nc1c(C)cccc1C. The van der Waals surface area contributed by atoms with E-state index in [0.717, 1.165) is 28.6 Å². The van der Waals surface area contributed by atoms with E-state index < -0.39 is 15.1 Å². The van der Waals surface area contributed by atoms with Gasteiger partial charge in [0.25, 0.3) is 0 Å². The first kappa shape index (κ1) is 22.8. The minimum atomic E-state index is -3.83. The summed E-state index contributed by atoms with van der Waals surface area (Å²) >= 11 is 1.15. The lowest BCUT2D eigenvalue weighted by Gasteiger charge is -2.17. The molecule has 7 nitrogen and oxygen atoms in total. The highest BCUT2D eigenvalue weighted by Gasteiger charge is 2.25. The van der Waals surface area contributed by atoms with Gasteiger partial charge in [0.1, 0.15) is 10.7 Å². The van der Waals surface area contributed by atoms with Gasteiger partial charge >= 0.3 is 0 Å². The number of hydrogen-bond donors (Lipinski definition) is 2. The molecule has 1 heterocycles. The van der Waals surface area contributed by atoms with Crippen LogP contribution >= 0.6 is 11.8 Å². The van der Waals surface area contributed by atoms with E-state index >= 15 is 0 Å². The van der Waals surface area contributed by atoms with Crippen molar-refractivity contribution in [1.29, 1.82) is 0 Å². The van der Waals surface area contributed by atoms with Crippen LogP contribution in [0.3, 0.4) is 0 Å². The van der Waals surface area contributed by atoms with Crippen molar-refractivity contribution in [1.82, 2.24) is 9.97 Å². The van der Waals surface area contributed by atoms with E-state index in [-0.39, 0.29) is 26.7 Å². The van der Waals surface area contributed by atoms with Gasteiger partial charge in [-0.3, -0.25) is 4.79 Å². The Morgan fingerprint density at radius 1 is 1.10 bits per heavy atom. The topological polar surface area (TPSA) is 115 Å². The molecule has 1 atom stereocenters. The number of anilines is 2. The van der Waals surface area contributed by atoms with E-state index in [1.165, 1.54) is 18.3 Å². The Balaban J connectivity index is 1.80. The molecular weight excluding hydrogens is 432 g/mol. The number of nitrogens with two attached hydrogens (primary N) is 1. The number of carbonyl (C=O) groups is 1. The number of benzene rings is 2. The second kappa shape index (κ2) is 9.49. The molecule has 0 aliphatic heterocycles. The van der Waals surface area contributed by atoms with Gasteiger partial charge in [0.05, 0.1) is 16.3 Å². The van der Waals surface area contributed by atoms with Crippen LogP contribution in [0.15, 0.2) is 69.7 Å². The number of amides is 1. The molecule has 162 valence electrons. The maximum atomic E-state index is 12.8. The summed E-state index contributed by atoms with van der Waals surface area (Å²) in [5.41, 5.74) is 8.70. The van der Waals surface area contributed by atoms with Crippen LogP contribution in [0.2, 0.25) is 0 Å². The second-order valence-electron chi connectivity index (χ2n) is 6.99. The molecule has 1 amide bonds. The molecule has 1 aromatic heterocycles. The first-order valence-electron chi connectivity index (χ1n) is 9.70. The maximum absolute atomic E-state index is 12.8. The third-order valence-corrected chi connectivity index (χ3v) is 7.77. The summed E-state index contributed by atoms with van der Waals surface area (Å²) in [5, 5.41) is 2.76. The first-order chi connectivity index (χ1) is 14.7. The molecule has 1 unspecified atom stereocenters. The Bertz CT molecular complexity index is 1180. The molecule has 3 rings (SSSR count). The van der Waals surface area contributed by atoms with E-state index in [4.69, 9.17) is 5.73 Å². The second-order valence-corrected chi connectivity index (χ2v) is 10.1. The van der Waals surface area contributed by atoms with Gasteiger partial charge in [-0.25, -0.2) is 18.4 Å². The number of rotatable bonds is 7. The van der Waals surface area contributed by atoms with E-state index in [1.807, 2.05) is 39.0 Å². The largest absolute Gasteiger partial charge is 0.382 e. The average molecular weight is 457 g/mol. The Labute approximate surface area is 186 Å². The van der Waals surface area contributed by atoms with Crippen molar-refractivity contribution >= 4 is 39.0 Å². The molecule has 0 spiro atoms. The number of aromatic nitrogens is 2. The smallest absolute Gasteiger partial charge is 0.237 e. The monoisotopic (exact) mass is 456 g/mol. The molecule has 0 bridgehead atoms. The van der Waals surface area contributed by atoms with E-state index in [2.05, 4.69) is 15.3 Å². The van der Waals surface area contributed by atoms with Crippen LogP contribution in [0.25, 0.3) is 0 Å². The minimum absolute atomic E-state index is 0.116. The van der Waals surface area contributed by atoms with Crippen LogP contribution in [0.1, 0.15) is 24.5 Å². The quantitative estimate of drug-likeness (QED) is 0.407. The zero-order chi connectivity index (χ0) is 22.6. The van der Waals surface area contributed by atoms with E-state index in [0.29, 0.717) is 6.42 Å². The summed E-state index contributed by atoms with van der Waals surface area (Å²) in [6, 6.07) is 13.8. The van der Waals surface area contributed by atoms with Crippen molar-refractivity contribution in [3.8, 4) is 0 Å². The van der Waals surface area contributed by atoms with Gasteiger partial charge in [-0.05, 0) is 43.5 Å². The van der Waals surface area contributed by atoms with Crippen molar-refractivity contribution in [2.75, 3.05) is 11.1 Å². The van der Waals surface area contributed by atoms with Crippen molar-refractivity contribution in [3.63, 3.8) is 0 Å². The van der Waals surface area contributed by atoms with Crippen LogP contribution in [0, 0.1) is 13.8 Å². The predicted molar refractivity (Wildman–Crippen MR) is 123 cm³/mol. The number of nitrogens with zero attached hydrogens (tertiary/aromatic N) is 2. The zero-order valence-electron chi connectivity index (χ0n) is 17.5. The summed E-state index contributed by atoms with van der Waals surface area (Å²) in [7, 11) is -3.83. The number of sulfone groups is 1. The van der Waals surface area contributed by atoms with Crippen molar-refractivity contribution in [2.24, 2.45) is 0 Å². The molecule has 3 N–H and O–H groups in total. The number of hydrogen-bond acceptors (Lipinski definition) is 7. The molecule has 31 heavy (non-hydrogen) atoms. The number of nitrogens with one attached hydrogen (secondary N) is 1. The summed E-state index contributed by atoms with van der Waals surface area (Å²) in [6.45, 7) is 5.76. The van der Waals surface area contributed by atoms with E-state index in [1.54, 1.807) is 18.2 Å². The predicted octanol–water partition coefficient (Wildman–Crippen LogP) is 4.02. The average Bonchev–Trinajstić information content (AvgIpc) is 2.75. The number of carbonyl (C=O) groups excluding carboxylic acids is 1. The van der Waals surface area contributed by atoms with Crippen molar-refractivity contribution in [2.45, 2.75) is 47.4 Å². The lowest BCUT2D eigenvalue weighted by molar-refractivity contribution is -0.115. The van der Waals surface area contributed by atoms with Gasteiger partial charge in [-0.2, -0.15) is 0 Å². The van der Waals surface area contributed by atoms with Gasteiger partial charge in [-0.1, -0.05) is 55.1 Å². The highest BCUT2D eigenvalue weighted by Crippen LogP contribution is 2.29. The van der Waals surface area contributed by atoms with Gasteiger partial charge in [0.2, 0.25) is 15.7 Å². The van der Waals surface area contributed by atoms with Gasteiger partial charge in [0, 0.05) is 5.69 Å². The van der Waals surface area contributed by atoms with Crippen LogP contribution in [0.5, 0.6) is 0 Å². The van der Waals surface area contributed by atoms with Crippen LogP contribution < -0.4 is 11.1 Å². The molecule has 0 saturated carbocycles. The van der Waals surface area contributed by atoms with Crippen LogP contribution in [-0.4, -0.2) is 29.5 Å². The Hall–Kier alpha value is -2.91. The highest BCUT2D eigenvalue weighted by atomic mass is 32.2. The highest BCUT2D eigenvalue weighted by molar-refractivity contribution is 8.00. The normalized spacial score (nSPS) is 12.4. The molecule has 0 fully saturated rings. The number of aryl methyl sites for hydroxylation is 2. The third-order valence-electron chi connectivity index (χ3n) is 4.74.